The van der Waals surface area contributed by atoms with Crippen LogP contribution in [0.1, 0.15) is 5.56 Å². The molecule has 0 bridgehead atoms. The van der Waals surface area contributed by atoms with Crippen molar-refractivity contribution in [2.45, 2.75) is 4.90 Å². The number of anilines is 1. The first-order valence-electron chi connectivity index (χ1n) is 3.43. The summed E-state index contributed by atoms with van der Waals surface area (Å²) in [5.41, 5.74) is 2.25. The van der Waals surface area contributed by atoms with Gasteiger partial charge in [0.15, 0.2) is 0 Å². The molecule has 1 aromatic carbocycles. The van der Waals surface area contributed by atoms with Crippen molar-refractivity contribution >= 4 is 24.5 Å². The Morgan fingerprint density at radius 1 is 1.45 bits per heavy atom. The van der Waals surface area contributed by atoms with E-state index in [1.807, 2.05) is 24.4 Å². The monoisotopic (exact) mass is 164 g/mol. The number of hydrogen-bond acceptors (Lipinski definition) is 3. The van der Waals surface area contributed by atoms with Crippen molar-refractivity contribution in [1.82, 2.24) is 0 Å². The minimum atomic E-state index is 0.679. The number of hydrogen-bond donors (Lipinski definition) is 2. The molecule has 0 amide bonds. The highest BCUT2D eigenvalue weighted by molar-refractivity contribution is 7.80. The fraction of sp³-hybridized carbons (Fsp3) is 0.125. The Kier molecular flexibility index (Phi) is 1.58. The van der Waals surface area contributed by atoms with Crippen molar-refractivity contribution in [2.75, 3.05) is 12.0 Å². The maximum absolute atomic E-state index is 4.23. The molecular weight excluding hydrogens is 156 g/mol. The third kappa shape index (κ3) is 1.24. The molecule has 0 aromatic heterocycles. The Labute approximate surface area is 70.8 Å². The van der Waals surface area contributed by atoms with Crippen molar-refractivity contribution < 1.29 is 0 Å². The van der Waals surface area contributed by atoms with E-state index in [2.05, 4.69) is 22.9 Å². The van der Waals surface area contributed by atoms with Gasteiger partial charge < -0.3 is 5.32 Å². The number of thiol groups is 1. The number of nitrogens with zero attached hydrogens (tertiary/aromatic N) is 1. The zero-order valence-corrected chi connectivity index (χ0v) is 6.81. The zero-order chi connectivity index (χ0) is 7.68. The van der Waals surface area contributed by atoms with Crippen LogP contribution in [0, 0.1) is 0 Å². The molecule has 0 spiro atoms. The molecule has 0 unspecified atom stereocenters. The SMILES string of the molecule is Sc1ccc2c(c1)C=NCN2. The smallest absolute Gasteiger partial charge is 0.107 e. The van der Waals surface area contributed by atoms with Crippen LogP contribution >= 0.6 is 12.6 Å². The van der Waals surface area contributed by atoms with Gasteiger partial charge in [0.1, 0.15) is 6.67 Å². The molecular formula is C8H8N2S. The van der Waals surface area contributed by atoms with Crippen molar-refractivity contribution in [2.24, 2.45) is 4.99 Å². The molecule has 1 aromatic rings. The Bertz CT molecular complexity index is 307. The summed E-state index contributed by atoms with van der Waals surface area (Å²) in [5.74, 6) is 0. The van der Waals surface area contributed by atoms with Gasteiger partial charge in [-0.1, -0.05) is 0 Å². The predicted octanol–water partition coefficient (Wildman–Crippen LogP) is 1.78. The van der Waals surface area contributed by atoms with Gasteiger partial charge in [0.25, 0.3) is 0 Å². The molecule has 56 valence electrons. The highest BCUT2D eigenvalue weighted by Crippen LogP contribution is 2.19. The summed E-state index contributed by atoms with van der Waals surface area (Å²) in [7, 11) is 0. The fourth-order valence-corrected chi connectivity index (χ4v) is 1.31. The van der Waals surface area contributed by atoms with Crippen LogP contribution < -0.4 is 5.32 Å². The summed E-state index contributed by atoms with van der Waals surface area (Å²) in [6.45, 7) is 0.679. The Morgan fingerprint density at radius 2 is 2.36 bits per heavy atom. The first kappa shape index (κ1) is 6.73. The first-order chi connectivity index (χ1) is 5.36. The third-order valence-electron chi connectivity index (χ3n) is 1.63. The van der Waals surface area contributed by atoms with Crippen LogP contribution in [0.25, 0.3) is 0 Å². The highest BCUT2D eigenvalue weighted by Gasteiger charge is 2.02. The molecule has 0 aliphatic carbocycles. The van der Waals surface area contributed by atoms with Gasteiger partial charge in [-0.25, -0.2) is 0 Å². The first-order valence-corrected chi connectivity index (χ1v) is 3.88. The Morgan fingerprint density at radius 3 is 3.27 bits per heavy atom. The van der Waals surface area contributed by atoms with Crippen molar-refractivity contribution in [1.29, 1.82) is 0 Å². The van der Waals surface area contributed by atoms with E-state index in [-0.39, 0.29) is 0 Å². The van der Waals surface area contributed by atoms with Gasteiger partial charge in [0.05, 0.1) is 0 Å². The molecule has 1 aliphatic rings. The topological polar surface area (TPSA) is 24.4 Å². The minimum Gasteiger partial charge on any atom is -0.366 e. The molecule has 1 aliphatic heterocycles. The van der Waals surface area contributed by atoms with Gasteiger partial charge in [-0.05, 0) is 18.2 Å². The summed E-state index contributed by atoms with van der Waals surface area (Å²) in [6, 6.07) is 5.98. The van der Waals surface area contributed by atoms with Crippen LogP contribution in [0.5, 0.6) is 0 Å². The van der Waals surface area contributed by atoms with Crippen molar-refractivity contribution in [3.05, 3.63) is 23.8 Å². The summed E-state index contributed by atoms with van der Waals surface area (Å²) in [4.78, 5) is 5.06. The molecule has 1 N–H and O–H groups in total. The molecule has 0 saturated carbocycles. The lowest BCUT2D eigenvalue weighted by atomic mass is 10.2. The molecule has 2 nitrogen and oxygen atoms in total. The standard InChI is InChI=1S/C8H8N2S/c11-7-1-2-8-6(3-7)4-9-5-10-8/h1-4,10-11H,5H2. The van der Waals surface area contributed by atoms with E-state index in [0.717, 1.165) is 16.1 Å². The summed E-state index contributed by atoms with van der Waals surface area (Å²) in [5, 5.41) is 3.16. The number of fused-ring (bicyclic) bond motifs is 1. The number of rotatable bonds is 0. The molecule has 11 heavy (non-hydrogen) atoms. The summed E-state index contributed by atoms with van der Waals surface area (Å²) in [6.07, 6.45) is 1.87. The van der Waals surface area contributed by atoms with E-state index in [9.17, 15) is 0 Å². The average molecular weight is 164 g/mol. The van der Waals surface area contributed by atoms with Gasteiger partial charge in [0, 0.05) is 22.4 Å². The average Bonchev–Trinajstić information content (AvgIpc) is 2.04. The molecule has 0 atom stereocenters. The second kappa shape index (κ2) is 2.58. The fourth-order valence-electron chi connectivity index (χ4n) is 1.09. The van der Waals surface area contributed by atoms with Gasteiger partial charge in [0.2, 0.25) is 0 Å². The highest BCUT2D eigenvalue weighted by atomic mass is 32.1. The van der Waals surface area contributed by atoms with Crippen molar-refractivity contribution in [3.8, 4) is 0 Å². The quantitative estimate of drug-likeness (QED) is 0.561. The second-order valence-electron chi connectivity index (χ2n) is 2.42. The normalized spacial score (nSPS) is 13.9. The lowest BCUT2D eigenvalue weighted by Gasteiger charge is -2.11. The molecule has 0 saturated heterocycles. The van der Waals surface area contributed by atoms with Crippen LogP contribution in [0.4, 0.5) is 5.69 Å². The summed E-state index contributed by atoms with van der Waals surface area (Å²) >= 11 is 4.23. The van der Waals surface area contributed by atoms with Crippen LogP contribution in [0.15, 0.2) is 28.1 Å². The Balaban J connectivity index is 2.54. The maximum Gasteiger partial charge on any atom is 0.107 e. The van der Waals surface area contributed by atoms with E-state index in [1.165, 1.54) is 0 Å². The second-order valence-corrected chi connectivity index (χ2v) is 2.93. The molecule has 0 radical (unpaired) electrons. The maximum atomic E-state index is 4.23. The van der Waals surface area contributed by atoms with E-state index >= 15 is 0 Å². The van der Waals surface area contributed by atoms with Gasteiger partial charge in [-0.2, -0.15) is 0 Å². The Hall–Kier alpha value is -0.960. The van der Waals surface area contributed by atoms with Crippen LogP contribution in [0.3, 0.4) is 0 Å². The van der Waals surface area contributed by atoms with Crippen LogP contribution in [-0.2, 0) is 0 Å². The van der Waals surface area contributed by atoms with Gasteiger partial charge in [-0.3, -0.25) is 4.99 Å². The molecule has 2 rings (SSSR count). The third-order valence-corrected chi connectivity index (χ3v) is 1.90. The largest absolute Gasteiger partial charge is 0.366 e. The number of nitrogens with one attached hydrogen (secondary N) is 1. The van der Waals surface area contributed by atoms with E-state index in [0.29, 0.717) is 6.67 Å². The van der Waals surface area contributed by atoms with E-state index in [4.69, 9.17) is 0 Å². The number of benzene rings is 1. The number of aliphatic imine (C=N–C) groups is 1. The summed E-state index contributed by atoms with van der Waals surface area (Å²) < 4.78 is 0. The predicted molar refractivity (Wildman–Crippen MR) is 49.8 cm³/mol. The molecule has 1 heterocycles. The van der Waals surface area contributed by atoms with Gasteiger partial charge in [-0.15, -0.1) is 12.6 Å². The lowest BCUT2D eigenvalue weighted by Crippen LogP contribution is -2.07. The van der Waals surface area contributed by atoms with E-state index < -0.39 is 0 Å². The van der Waals surface area contributed by atoms with Gasteiger partial charge >= 0.3 is 0 Å². The molecule has 3 heteroatoms. The molecule has 0 fully saturated rings. The van der Waals surface area contributed by atoms with E-state index in [1.54, 1.807) is 0 Å². The zero-order valence-electron chi connectivity index (χ0n) is 5.91. The minimum absolute atomic E-state index is 0.679. The van der Waals surface area contributed by atoms with Crippen molar-refractivity contribution in [3.63, 3.8) is 0 Å². The van der Waals surface area contributed by atoms with Crippen LogP contribution in [-0.4, -0.2) is 12.9 Å². The lowest BCUT2D eigenvalue weighted by molar-refractivity contribution is 1.12. The van der Waals surface area contributed by atoms with Crippen LogP contribution in [0.2, 0.25) is 0 Å².